The van der Waals surface area contributed by atoms with Gasteiger partial charge in [-0.05, 0) is 53.2 Å². The van der Waals surface area contributed by atoms with E-state index in [1.807, 2.05) is 13.0 Å². The molecule has 1 heterocycles. The van der Waals surface area contributed by atoms with Crippen LogP contribution in [0.25, 0.3) is 0 Å². The molecule has 94 valence electrons. The summed E-state index contributed by atoms with van der Waals surface area (Å²) in [6.07, 6.45) is 5.94. The van der Waals surface area contributed by atoms with E-state index in [0.717, 1.165) is 27.4 Å². The predicted molar refractivity (Wildman–Crippen MR) is 76.8 cm³/mol. The van der Waals surface area contributed by atoms with E-state index in [1.54, 1.807) is 11.3 Å². The summed E-state index contributed by atoms with van der Waals surface area (Å²) in [5, 5.41) is 0. The van der Waals surface area contributed by atoms with E-state index in [4.69, 9.17) is 0 Å². The number of hydrogen-bond acceptors (Lipinski definition) is 2. The Kier molecular flexibility index (Phi) is 4.42. The highest BCUT2D eigenvalue weighted by molar-refractivity contribution is 9.11. The second-order valence-electron chi connectivity index (χ2n) is 5.07. The van der Waals surface area contributed by atoms with Crippen molar-refractivity contribution in [3.63, 3.8) is 0 Å². The molecule has 0 amide bonds. The van der Waals surface area contributed by atoms with Crippen molar-refractivity contribution in [3.8, 4) is 0 Å². The summed E-state index contributed by atoms with van der Waals surface area (Å²) in [6.45, 7) is 4.29. The van der Waals surface area contributed by atoms with Gasteiger partial charge in [-0.25, -0.2) is 0 Å². The lowest BCUT2D eigenvalue weighted by molar-refractivity contribution is 0.0866. The minimum absolute atomic E-state index is 0.277. The summed E-state index contributed by atoms with van der Waals surface area (Å²) < 4.78 is 1.10. The maximum absolute atomic E-state index is 12.4. The van der Waals surface area contributed by atoms with Crippen molar-refractivity contribution in [2.24, 2.45) is 11.8 Å². The van der Waals surface area contributed by atoms with E-state index in [-0.39, 0.29) is 5.92 Å². The molecule has 1 aromatic heterocycles. The van der Waals surface area contributed by atoms with Crippen LogP contribution in [-0.2, 0) is 0 Å². The smallest absolute Gasteiger partial charge is 0.175 e. The van der Waals surface area contributed by atoms with Crippen molar-refractivity contribution in [2.45, 2.75) is 46.0 Å². The van der Waals surface area contributed by atoms with Gasteiger partial charge in [0.2, 0.25) is 0 Å². The molecule has 1 nitrogen and oxygen atoms in total. The minimum atomic E-state index is 0.277. The first kappa shape index (κ1) is 13.3. The summed E-state index contributed by atoms with van der Waals surface area (Å²) in [5.41, 5.74) is 1.18. The Morgan fingerprint density at radius 2 is 2.29 bits per heavy atom. The van der Waals surface area contributed by atoms with Crippen molar-refractivity contribution in [1.82, 2.24) is 0 Å². The van der Waals surface area contributed by atoms with E-state index >= 15 is 0 Å². The number of halogens is 1. The van der Waals surface area contributed by atoms with Gasteiger partial charge in [-0.2, -0.15) is 0 Å². The van der Waals surface area contributed by atoms with Gasteiger partial charge in [-0.3, -0.25) is 4.79 Å². The fraction of sp³-hybridized carbons (Fsp3) is 0.643. The molecule has 0 saturated heterocycles. The van der Waals surface area contributed by atoms with Crippen LogP contribution in [0.2, 0.25) is 0 Å². The highest BCUT2D eigenvalue weighted by atomic mass is 79.9. The average molecular weight is 315 g/mol. The summed E-state index contributed by atoms with van der Waals surface area (Å²) >= 11 is 5.09. The quantitative estimate of drug-likeness (QED) is 0.699. The van der Waals surface area contributed by atoms with Crippen LogP contribution >= 0.6 is 27.3 Å². The van der Waals surface area contributed by atoms with Crippen molar-refractivity contribution < 1.29 is 4.79 Å². The average Bonchev–Trinajstić information content (AvgIpc) is 2.69. The molecule has 1 aliphatic rings. The zero-order valence-electron chi connectivity index (χ0n) is 10.5. The van der Waals surface area contributed by atoms with Crippen LogP contribution in [0.5, 0.6) is 0 Å². The number of thiophene rings is 1. The number of ketones is 1. The van der Waals surface area contributed by atoms with Crippen LogP contribution in [0.3, 0.4) is 0 Å². The Morgan fingerprint density at radius 1 is 1.53 bits per heavy atom. The molecule has 1 saturated carbocycles. The zero-order chi connectivity index (χ0) is 12.4. The van der Waals surface area contributed by atoms with E-state index in [1.165, 1.54) is 24.8 Å². The molecule has 2 atom stereocenters. The van der Waals surface area contributed by atoms with Crippen LogP contribution in [0.15, 0.2) is 9.85 Å². The molecule has 2 unspecified atom stereocenters. The summed E-state index contributed by atoms with van der Waals surface area (Å²) in [4.78, 5) is 13.4. The Morgan fingerprint density at radius 3 is 2.88 bits per heavy atom. The van der Waals surface area contributed by atoms with E-state index in [2.05, 4.69) is 22.9 Å². The molecule has 0 radical (unpaired) electrons. The van der Waals surface area contributed by atoms with Gasteiger partial charge in [-0.15, -0.1) is 11.3 Å². The first-order chi connectivity index (χ1) is 8.11. The number of Topliss-reactive ketones (excluding diaryl/α,β-unsaturated/α-hetero) is 1. The zero-order valence-corrected chi connectivity index (χ0v) is 12.9. The number of hydrogen-bond donors (Lipinski definition) is 0. The van der Waals surface area contributed by atoms with Gasteiger partial charge < -0.3 is 0 Å². The second-order valence-corrected chi connectivity index (χ2v) is 7.44. The summed E-state index contributed by atoms with van der Waals surface area (Å²) in [7, 11) is 0. The lowest BCUT2D eigenvalue weighted by Crippen LogP contribution is -2.22. The molecule has 0 spiro atoms. The van der Waals surface area contributed by atoms with Crippen LogP contribution < -0.4 is 0 Å². The van der Waals surface area contributed by atoms with Crippen molar-refractivity contribution in [3.05, 3.63) is 20.3 Å². The Labute approximate surface area is 116 Å². The van der Waals surface area contributed by atoms with Crippen LogP contribution in [0.1, 0.15) is 54.3 Å². The van der Waals surface area contributed by atoms with Crippen LogP contribution in [-0.4, -0.2) is 5.78 Å². The Hall–Kier alpha value is -0.150. The molecule has 2 rings (SSSR count). The minimum Gasteiger partial charge on any atom is -0.293 e. The van der Waals surface area contributed by atoms with Crippen molar-refractivity contribution in [2.75, 3.05) is 0 Å². The van der Waals surface area contributed by atoms with Gasteiger partial charge in [0.25, 0.3) is 0 Å². The SMILES string of the molecule is CCC1CCCC(C(=O)c2cc(C)c(Br)s2)C1. The topological polar surface area (TPSA) is 17.1 Å². The molecule has 1 fully saturated rings. The van der Waals surface area contributed by atoms with Crippen molar-refractivity contribution in [1.29, 1.82) is 0 Å². The van der Waals surface area contributed by atoms with Gasteiger partial charge in [0.15, 0.2) is 5.78 Å². The molecule has 17 heavy (non-hydrogen) atoms. The molecule has 1 aromatic rings. The maximum atomic E-state index is 12.4. The molecule has 0 bridgehead atoms. The third kappa shape index (κ3) is 3.00. The third-order valence-corrected chi connectivity index (χ3v) is 5.98. The first-order valence-corrected chi connectivity index (χ1v) is 8.03. The predicted octanol–water partition coefficient (Wildman–Crippen LogP) is 5.22. The lowest BCUT2D eigenvalue weighted by Gasteiger charge is -2.27. The van der Waals surface area contributed by atoms with E-state index in [0.29, 0.717) is 5.78 Å². The maximum Gasteiger partial charge on any atom is 0.175 e. The molecular formula is C14H19BrOS. The highest BCUT2D eigenvalue weighted by Crippen LogP contribution is 2.36. The molecule has 0 aliphatic heterocycles. The molecule has 0 aromatic carbocycles. The third-order valence-electron chi connectivity index (χ3n) is 3.83. The van der Waals surface area contributed by atoms with E-state index < -0.39 is 0 Å². The molecule has 3 heteroatoms. The number of rotatable bonds is 3. The number of carbonyl (C=O) groups excluding carboxylic acids is 1. The van der Waals surface area contributed by atoms with Gasteiger partial charge in [-0.1, -0.05) is 26.2 Å². The number of aryl methyl sites for hydroxylation is 1. The molecule has 1 aliphatic carbocycles. The van der Waals surface area contributed by atoms with Crippen LogP contribution in [0, 0.1) is 18.8 Å². The van der Waals surface area contributed by atoms with Gasteiger partial charge in [0.1, 0.15) is 0 Å². The Bertz CT molecular complexity index is 391. The molecular weight excluding hydrogens is 296 g/mol. The van der Waals surface area contributed by atoms with Gasteiger partial charge >= 0.3 is 0 Å². The van der Waals surface area contributed by atoms with Gasteiger partial charge in [0.05, 0.1) is 8.66 Å². The first-order valence-electron chi connectivity index (χ1n) is 6.42. The van der Waals surface area contributed by atoms with E-state index in [9.17, 15) is 4.79 Å². The standard InChI is InChI=1S/C14H19BrOS/c1-3-10-5-4-6-11(8-10)13(16)12-7-9(2)14(15)17-12/h7,10-11H,3-6,8H2,1-2H3. The monoisotopic (exact) mass is 314 g/mol. The van der Waals surface area contributed by atoms with Crippen molar-refractivity contribution >= 4 is 33.0 Å². The summed E-state index contributed by atoms with van der Waals surface area (Å²) in [5.74, 6) is 1.42. The largest absolute Gasteiger partial charge is 0.293 e. The fourth-order valence-electron chi connectivity index (χ4n) is 2.68. The van der Waals surface area contributed by atoms with Gasteiger partial charge in [0, 0.05) is 5.92 Å². The fourth-order valence-corrected chi connectivity index (χ4v) is 4.24. The normalized spacial score (nSPS) is 24.9. The number of carbonyl (C=O) groups is 1. The second kappa shape index (κ2) is 5.66. The summed E-state index contributed by atoms with van der Waals surface area (Å²) in [6, 6.07) is 2.03. The lowest BCUT2D eigenvalue weighted by atomic mass is 9.78. The van der Waals surface area contributed by atoms with Crippen LogP contribution in [0.4, 0.5) is 0 Å². The Balaban J connectivity index is 2.09. The highest BCUT2D eigenvalue weighted by Gasteiger charge is 2.28. The molecule has 0 N–H and O–H groups in total.